The standard InChI is InChI=1S/C20H17ClFN3O2/c21-17-6-3-7-18(22)16(17)11-24(14-8-9-14)19(26)12-25-20(27)15-5-2-1-4-13(15)10-23-25/h1-7,10,14H,8-9,11-12H2. The highest BCUT2D eigenvalue weighted by molar-refractivity contribution is 6.31. The lowest BCUT2D eigenvalue weighted by Crippen LogP contribution is -2.38. The van der Waals surface area contributed by atoms with Crippen LogP contribution in [-0.2, 0) is 17.9 Å². The largest absolute Gasteiger partial charge is 0.334 e. The number of nitrogens with zero attached hydrogens (tertiary/aromatic N) is 3. The summed E-state index contributed by atoms with van der Waals surface area (Å²) in [5, 5.41) is 5.63. The van der Waals surface area contributed by atoms with Crippen molar-refractivity contribution < 1.29 is 9.18 Å². The van der Waals surface area contributed by atoms with E-state index in [1.165, 1.54) is 12.1 Å². The summed E-state index contributed by atoms with van der Waals surface area (Å²) in [6.07, 6.45) is 3.29. The maximum absolute atomic E-state index is 14.1. The van der Waals surface area contributed by atoms with E-state index in [9.17, 15) is 14.0 Å². The first-order valence-electron chi connectivity index (χ1n) is 8.72. The van der Waals surface area contributed by atoms with Crippen LogP contribution >= 0.6 is 11.6 Å². The third kappa shape index (κ3) is 3.57. The van der Waals surface area contributed by atoms with Crippen LogP contribution in [0.5, 0.6) is 0 Å². The minimum Gasteiger partial charge on any atom is -0.334 e. The van der Waals surface area contributed by atoms with Crippen LogP contribution in [0.3, 0.4) is 0 Å². The Labute approximate surface area is 160 Å². The predicted octanol–water partition coefficient (Wildman–Crippen LogP) is 3.38. The fraction of sp³-hybridized carbons (Fsp3) is 0.250. The Balaban J connectivity index is 1.60. The smallest absolute Gasteiger partial charge is 0.275 e. The predicted molar refractivity (Wildman–Crippen MR) is 101 cm³/mol. The van der Waals surface area contributed by atoms with E-state index in [0.29, 0.717) is 10.9 Å². The average molecular weight is 386 g/mol. The van der Waals surface area contributed by atoms with Crippen molar-refractivity contribution in [2.45, 2.75) is 32.0 Å². The maximum atomic E-state index is 14.1. The molecule has 0 unspecified atom stereocenters. The summed E-state index contributed by atoms with van der Waals surface area (Å²) in [6, 6.07) is 11.6. The number of carbonyl (C=O) groups is 1. The molecule has 1 amide bonds. The fourth-order valence-corrected chi connectivity index (χ4v) is 3.34. The second-order valence-corrected chi connectivity index (χ2v) is 7.05. The highest BCUT2D eigenvalue weighted by atomic mass is 35.5. The fourth-order valence-electron chi connectivity index (χ4n) is 3.12. The molecule has 1 saturated carbocycles. The zero-order valence-corrected chi connectivity index (χ0v) is 15.2. The molecule has 0 atom stereocenters. The number of hydrogen-bond acceptors (Lipinski definition) is 3. The second kappa shape index (κ2) is 7.12. The highest BCUT2D eigenvalue weighted by Crippen LogP contribution is 2.31. The van der Waals surface area contributed by atoms with Crippen molar-refractivity contribution in [1.29, 1.82) is 0 Å². The summed E-state index contributed by atoms with van der Waals surface area (Å²) in [4.78, 5) is 27.0. The third-order valence-electron chi connectivity index (χ3n) is 4.75. The summed E-state index contributed by atoms with van der Waals surface area (Å²) < 4.78 is 15.3. The van der Waals surface area contributed by atoms with Crippen LogP contribution in [0.15, 0.2) is 53.5 Å². The molecule has 1 fully saturated rings. The number of hydrogen-bond donors (Lipinski definition) is 0. The molecule has 3 aromatic rings. The third-order valence-corrected chi connectivity index (χ3v) is 5.10. The molecule has 2 aromatic carbocycles. The van der Waals surface area contributed by atoms with E-state index >= 15 is 0 Å². The lowest BCUT2D eigenvalue weighted by atomic mass is 10.2. The average Bonchev–Trinajstić information content (AvgIpc) is 3.49. The van der Waals surface area contributed by atoms with Gasteiger partial charge in [-0.05, 0) is 31.0 Å². The molecular formula is C20H17ClFN3O2. The zero-order chi connectivity index (χ0) is 19.0. The number of carbonyl (C=O) groups excluding carboxylic acids is 1. The zero-order valence-electron chi connectivity index (χ0n) is 14.4. The Kier molecular flexibility index (Phi) is 4.66. The second-order valence-electron chi connectivity index (χ2n) is 6.65. The summed E-state index contributed by atoms with van der Waals surface area (Å²) in [7, 11) is 0. The van der Waals surface area contributed by atoms with E-state index in [4.69, 9.17) is 11.6 Å². The normalized spacial score (nSPS) is 13.7. The monoisotopic (exact) mass is 385 g/mol. The number of benzene rings is 2. The number of fused-ring (bicyclic) bond motifs is 1. The van der Waals surface area contributed by atoms with Crippen molar-refractivity contribution in [3.8, 4) is 0 Å². The summed E-state index contributed by atoms with van der Waals surface area (Å²) in [5.41, 5.74) is -0.0284. The van der Waals surface area contributed by atoms with Gasteiger partial charge in [0.2, 0.25) is 5.91 Å². The number of rotatable bonds is 5. The number of amides is 1. The maximum Gasteiger partial charge on any atom is 0.275 e. The van der Waals surface area contributed by atoms with Gasteiger partial charge in [-0.25, -0.2) is 9.07 Å². The Morgan fingerprint density at radius 3 is 2.74 bits per heavy atom. The number of aromatic nitrogens is 2. The quantitative estimate of drug-likeness (QED) is 0.676. The van der Waals surface area contributed by atoms with Gasteiger partial charge < -0.3 is 4.90 Å². The summed E-state index contributed by atoms with van der Waals surface area (Å²) >= 11 is 6.11. The lowest BCUT2D eigenvalue weighted by molar-refractivity contribution is -0.133. The molecule has 0 spiro atoms. The van der Waals surface area contributed by atoms with E-state index in [1.807, 2.05) is 6.07 Å². The molecule has 1 heterocycles. The van der Waals surface area contributed by atoms with Crippen LogP contribution in [0, 0.1) is 5.82 Å². The SMILES string of the molecule is O=C(Cn1ncc2ccccc2c1=O)N(Cc1c(F)cccc1Cl)C1CC1. The topological polar surface area (TPSA) is 55.2 Å². The van der Waals surface area contributed by atoms with Gasteiger partial charge in [0, 0.05) is 22.0 Å². The molecule has 0 saturated heterocycles. The van der Waals surface area contributed by atoms with Crippen LogP contribution in [-0.4, -0.2) is 26.6 Å². The Bertz CT molecular complexity index is 1060. The van der Waals surface area contributed by atoms with Gasteiger partial charge in [-0.3, -0.25) is 9.59 Å². The first-order chi connectivity index (χ1) is 13.0. The molecule has 0 radical (unpaired) electrons. The van der Waals surface area contributed by atoms with Gasteiger partial charge >= 0.3 is 0 Å². The molecule has 0 N–H and O–H groups in total. The first kappa shape index (κ1) is 17.7. The Morgan fingerprint density at radius 1 is 1.22 bits per heavy atom. The molecule has 0 aliphatic heterocycles. The van der Waals surface area contributed by atoms with E-state index in [-0.39, 0.29) is 35.6 Å². The Morgan fingerprint density at radius 2 is 2.00 bits per heavy atom. The molecule has 27 heavy (non-hydrogen) atoms. The van der Waals surface area contributed by atoms with Crippen molar-refractivity contribution in [1.82, 2.24) is 14.7 Å². The highest BCUT2D eigenvalue weighted by Gasteiger charge is 2.33. The molecule has 7 heteroatoms. The van der Waals surface area contributed by atoms with Gasteiger partial charge in [0.05, 0.1) is 18.1 Å². The van der Waals surface area contributed by atoms with Crippen LogP contribution in [0.2, 0.25) is 5.02 Å². The van der Waals surface area contributed by atoms with Gasteiger partial charge in [0.25, 0.3) is 5.56 Å². The molecule has 1 aliphatic rings. The van der Waals surface area contributed by atoms with Crippen molar-refractivity contribution in [3.63, 3.8) is 0 Å². The van der Waals surface area contributed by atoms with Crippen LogP contribution < -0.4 is 5.56 Å². The first-order valence-corrected chi connectivity index (χ1v) is 9.09. The van der Waals surface area contributed by atoms with E-state index < -0.39 is 5.82 Å². The molecule has 1 aromatic heterocycles. The number of halogens is 2. The Hall–Kier alpha value is -2.73. The summed E-state index contributed by atoms with van der Waals surface area (Å²) in [5.74, 6) is -0.719. The van der Waals surface area contributed by atoms with Gasteiger partial charge in [0.15, 0.2) is 0 Å². The minimum atomic E-state index is -0.443. The van der Waals surface area contributed by atoms with Gasteiger partial charge in [-0.1, -0.05) is 35.9 Å². The van der Waals surface area contributed by atoms with Crippen LogP contribution in [0.1, 0.15) is 18.4 Å². The molecule has 4 rings (SSSR count). The van der Waals surface area contributed by atoms with Gasteiger partial charge in [-0.15, -0.1) is 0 Å². The lowest BCUT2D eigenvalue weighted by Gasteiger charge is -2.23. The molecule has 0 bridgehead atoms. The van der Waals surface area contributed by atoms with Crippen LogP contribution in [0.25, 0.3) is 10.8 Å². The van der Waals surface area contributed by atoms with Crippen LogP contribution in [0.4, 0.5) is 4.39 Å². The molecule has 5 nitrogen and oxygen atoms in total. The molecule has 1 aliphatic carbocycles. The van der Waals surface area contributed by atoms with Crippen molar-refractivity contribution >= 4 is 28.3 Å². The van der Waals surface area contributed by atoms with E-state index in [0.717, 1.165) is 22.9 Å². The van der Waals surface area contributed by atoms with Gasteiger partial charge in [-0.2, -0.15) is 5.10 Å². The molecule has 138 valence electrons. The van der Waals surface area contributed by atoms with Crippen molar-refractivity contribution in [3.05, 3.63) is 75.4 Å². The summed E-state index contributed by atoms with van der Waals surface area (Å²) in [6.45, 7) is -0.108. The van der Waals surface area contributed by atoms with Crippen molar-refractivity contribution in [2.75, 3.05) is 0 Å². The van der Waals surface area contributed by atoms with Gasteiger partial charge in [0.1, 0.15) is 12.4 Å². The van der Waals surface area contributed by atoms with Crippen molar-refractivity contribution in [2.24, 2.45) is 0 Å². The minimum absolute atomic E-state index is 0.0457. The van der Waals surface area contributed by atoms with E-state index in [2.05, 4.69) is 5.10 Å². The molecular weight excluding hydrogens is 369 g/mol. The van der Waals surface area contributed by atoms with E-state index in [1.54, 1.807) is 35.4 Å².